The lowest BCUT2D eigenvalue weighted by molar-refractivity contribution is -0.131. The topological polar surface area (TPSA) is 17.1 Å². The van der Waals surface area contributed by atoms with Crippen LogP contribution in [0.4, 0.5) is 4.39 Å². The Bertz CT molecular complexity index is 510. The fourth-order valence-electron chi connectivity index (χ4n) is 6.93. The Hall–Kier alpha value is -0.660. The van der Waals surface area contributed by atoms with Gasteiger partial charge < -0.3 is 0 Å². The molecule has 0 unspecified atom stereocenters. The fraction of sp³-hybridized carbons (Fsp3) is 0.850. The van der Waals surface area contributed by atoms with Crippen molar-refractivity contribution >= 4 is 5.78 Å². The zero-order chi connectivity index (χ0) is 15.5. The Labute approximate surface area is 133 Å². The maximum Gasteiger partial charge on any atom is 0.133 e. The number of ketones is 1. The molecule has 4 rings (SSSR count). The number of hydrogen-bond donors (Lipinski definition) is 0. The van der Waals surface area contributed by atoms with Crippen LogP contribution in [-0.4, -0.2) is 12.0 Å². The molecule has 4 aliphatic rings. The van der Waals surface area contributed by atoms with Gasteiger partial charge in [-0.15, -0.1) is 0 Å². The normalized spacial score (nSPS) is 53.0. The number of alkyl halides is 1. The van der Waals surface area contributed by atoms with Crippen molar-refractivity contribution in [2.45, 2.75) is 71.4 Å². The summed E-state index contributed by atoms with van der Waals surface area (Å²) in [4.78, 5) is 11.8. The highest BCUT2D eigenvalue weighted by Crippen LogP contribution is 2.64. The van der Waals surface area contributed by atoms with Crippen LogP contribution in [0.5, 0.6) is 0 Å². The monoisotopic (exact) mass is 304 g/mol. The predicted molar refractivity (Wildman–Crippen MR) is 86.2 cm³/mol. The molecule has 0 aromatic heterocycles. The van der Waals surface area contributed by atoms with Gasteiger partial charge in [-0.25, -0.2) is 4.39 Å². The van der Waals surface area contributed by atoms with Crippen LogP contribution in [0, 0.1) is 35.0 Å². The molecule has 4 aliphatic carbocycles. The molecule has 22 heavy (non-hydrogen) atoms. The van der Waals surface area contributed by atoms with Crippen molar-refractivity contribution in [2.75, 3.05) is 0 Å². The molecule has 2 heteroatoms. The van der Waals surface area contributed by atoms with E-state index in [9.17, 15) is 9.18 Å². The Balaban J connectivity index is 1.63. The number of carbonyl (C=O) groups excluding carboxylic acids is 1. The van der Waals surface area contributed by atoms with Crippen LogP contribution < -0.4 is 0 Å². The molecule has 4 fully saturated rings. The standard InChI is InChI=1S/C20H29FO/c1-3-12-4-7-18-16-11-19(21)17-10-13(22)5-6-14(17)15(16)8-9-20(12,18)2/h3,14-19H,4-11H2,1-2H3/b12-3-/t14-,15-,16-,17-,18+,19-,20-/m1/s1. The van der Waals surface area contributed by atoms with E-state index in [1.807, 2.05) is 0 Å². The predicted octanol–water partition coefficient (Wildman–Crippen LogP) is 5.10. The number of allylic oxidation sites excluding steroid dienone is 2. The lowest BCUT2D eigenvalue weighted by atomic mass is 9.50. The molecule has 1 nitrogen and oxygen atoms in total. The van der Waals surface area contributed by atoms with Gasteiger partial charge in [-0.3, -0.25) is 4.79 Å². The van der Waals surface area contributed by atoms with Gasteiger partial charge in [-0.2, -0.15) is 0 Å². The fourth-order valence-corrected chi connectivity index (χ4v) is 6.93. The summed E-state index contributed by atoms with van der Waals surface area (Å²) in [7, 11) is 0. The molecule has 0 spiro atoms. The third-order valence-electron chi connectivity index (χ3n) is 7.97. The molecule has 0 bridgehead atoms. The van der Waals surface area contributed by atoms with Gasteiger partial charge >= 0.3 is 0 Å². The van der Waals surface area contributed by atoms with E-state index in [4.69, 9.17) is 0 Å². The first-order valence-electron chi connectivity index (χ1n) is 9.36. The second kappa shape index (κ2) is 5.18. The van der Waals surface area contributed by atoms with Gasteiger partial charge in [0, 0.05) is 18.8 Å². The van der Waals surface area contributed by atoms with E-state index >= 15 is 0 Å². The number of rotatable bonds is 0. The van der Waals surface area contributed by atoms with Gasteiger partial charge in [0.15, 0.2) is 0 Å². The largest absolute Gasteiger partial charge is 0.300 e. The molecule has 7 atom stereocenters. The third kappa shape index (κ3) is 1.98. The molecule has 0 saturated heterocycles. The number of carbonyl (C=O) groups is 1. The molecule has 0 amide bonds. The highest BCUT2D eigenvalue weighted by Gasteiger charge is 2.57. The smallest absolute Gasteiger partial charge is 0.133 e. The summed E-state index contributed by atoms with van der Waals surface area (Å²) >= 11 is 0. The van der Waals surface area contributed by atoms with Crippen molar-refractivity contribution in [1.82, 2.24) is 0 Å². The van der Waals surface area contributed by atoms with E-state index < -0.39 is 6.17 Å². The SMILES string of the molecule is C/C=C1/CC[C@H]2[C@@H]3C[C@@H](F)[C@@H]4CC(=O)CC[C@@H]4[C@H]3CC[C@]12C. The van der Waals surface area contributed by atoms with Gasteiger partial charge in [0.2, 0.25) is 0 Å². The molecule has 0 heterocycles. The molecule has 4 saturated carbocycles. The number of halogens is 1. The molecule has 0 aliphatic heterocycles. The van der Waals surface area contributed by atoms with Gasteiger partial charge in [-0.05, 0) is 74.5 Å². The zero-order valence-electron chi connectivity index (χ0n) is 14.0. The van der Waals surface area contributed by atoms with Crippen LogP contribution in [0.15, 0.2) is 11.6 Å². The molecular formula is C20H29FO. The average molecular weight is 304 g/mol. The highest BCUT2D eigenvalue weighted by molar-refractivity contribution is 5.79. The zero-order valence-corrected chi connectivity index (χ0v) is 14.0. The summed E-state index contributed by atoms with van der Waals surface area (Å²) in [5.74, 6) is 2.80. The highest BCUT2D eigenvalue weighted by atomic mass is 19.1. The molecular weight excluding hydrogens is 275 g/mol. The van der Waals surface area contributed by atoms with E-state index in [0.29, 0.717) is 47.7 Å². The maximum atomic E-state index is 14.9. The van der Waals surface area contributed by atoms with Crippen LogP contribution in [0.1, 0.15) is 65.2 Å². The van der Waals surface area contributed by atoms with Crippen molar-refractivity contribution in [2.24, 2.45) is 35.0 Å². The van der Waals surface area contributed by atoms with E-state index in [-0.39, 0.29) is 5.92 Å². The van der Waals surface area contributed by atoms with E-state index in [1.54, 1.807) is 5.57 Å². The van der Waals surface area contributed by atoms with Gasteiger partial charge in [0.25, 0.3) is 0 Å². The van der Waals surface area contributed by atoms with Crippen molar-refractivity contribution in [1.29, 1.82) is 0 Å². The number of Topliss-reactive ketones (excluding diaryl/α,β-unsaturated/α-hetero) is 1. The van der Waals surface area contributed by atoms with Gasteiger partial charge in [0.05, 0.1) is 0 Å². The Kier molecular flexibility index (Phi) is 3.51. The average Bonchev–Trinajstić information content (AvgIpc) is 2.84. The first-order chi connectivity index (χ1) is 10.5. The second-order valence-electron chi connectivity index (χ2n) is 8.60. The summed E-state index contributed by atoms with van der Waals surface area (Å²) < 4.78 is 14.9. The first kappa shape index (κ1) is 14.9. The minimum absolute atomic E-state index is 0.0504. The molecule has 0 radical (unpaired) electrons. The van der Waals surface area contributed by atoms with Crippen LogP contribution in [-0.2, 0) is 4.79 Å². The Morgan fingerprint density at radius 2 is 1.86 bits per heavy atom. The summed E-state index contributed by atoms with van der Waals surface area (Å²) in [6, 6.07) is 0. The summed E-state index contributed by atoms with van der Waals surface area (Å²) in [6.07, 6.45) is 9.57. The third-order valence-corrected chi connectivity index (χ3v) is 7.97. The van der Waals surface area contributed by atoms with Crippen LogP contribution in [0.3, 0.4) is 0 Å². The van der Waals surface area contributed by atoms with E-state index in [0.717, 1.165) is 12.8 Å². The molecule has 0 aromatic rings. The first-order valence-corrected chi connectivity index (χ1v) is 9.36. The van der Waals surface area contributed by atoms with E-state index in [1.165, 1.54) is 25.7 Å². The van der Waals surface area contributed by atoms with Crippen LogP contribution in [0.25, 0.3) is 0 Å². The quantitative estimate of drug-likeness (QED) is 0.569. The van der Waals surface area contributed by atoms with Crippen molar-refractivity contribution in [3.63, 3.8) is 0 Å². The van der Waals surface area contributed by atoms with Crippen LogP contribution >= 0.6 is 0 Å². The second-order valence-corrected chi connectivity index (χ2v) is 8.60. The number of fused-ring (bicyclic) bond motifs is 5. The minimum Gasteiger partial charge on any atom is -0.300 e. The van der Waals surface area contributed by atoms with Gasteiger partial charge in [0.1, 0.15) is 12.0 Å². The van der Waals surface area contributed by atoms with Crippen molar-refractivity contribution in [3.05, 3.63) is 11.6 Å². The molecule has 0 aromatic carbocycles. The van der Waals surface area contributed by atoms with Gasteiger partial charge in [-0.1, -0.05) is 18.6 Å². The summed E-state index contributed by atoms with van der Waals surface area (Å²) in [5.41, 5.74) is 1.97. The summed E-state index contributed by atoms with van der Waals surface area (Å²) in [6.45, 7) is 4.62. The van der Waals surface area contributed by atoms with E-state index in [2.05, 4.69) is 19.9 Å². The van der Waals surface area contributed by atoms with Crippen molar-refractivity contribution in [3.8, 4) is 0 Å². The van der Waals surface area contributed by atoms with Crippen molar-refractivity contribution < 1.29 is 9.18 Å². The lowest BCUT2D eigenvalue weighted by Gasteiger charge is -2.55. The maximum absolute atomic E-state index is 14.9. The Morgan fingerprint density at radius 1 is 1.09 bits per heavy atom. The summed E-state index contributed by atoms with van der Waals surface area (Å²) in [5, 5.41) is 0. The molecule has 0 N–H and O–H groups in total. The Morgan fingerprint density at radius 3 is 2.64 bits per heavy atom. The minimum atomic E-state index is -0.729. The molecule has 122 valence electrons. The number of hydrogen-bond acceptors (Lipinski definition) is 1. The lowest BCUT2D eigenvalue weighted by Crippen LogP contribution is -2.51. The van der Waals surface area contributed by atoms with Crippen LogP contribution in [0.2, 0.25) is 0 Å².